The number of halogens is 1. The van der Waals surface area contributed by atoms with Gasteiger partial charge in [-0.3, -0.25) is 0 Å². The van der Waals surface area contributed by atoms with E-state index < -0.39 is 0 Å². The van der Waals surface area contributed by atoms with Crippen molar-refractivity contribution in [2.45, 2.75) is 18.9 Å². The van der Waals surface area contributed by atoms with Gasteiger partial charge in [-0.2, -0.15) is 0 Å². The molecule has 1 saturated heterocycles. The minimum absolute atomic E-state index is 0. The zero-order valence-electron chi connectivity index (χ0n) is 8.93. The molecule has 0 amide bonds. The van der Waals surface area contributed by atoms with Gasteiger partial charge in [-0.15, -0.1) is 12.4 Å². The van der Waals surface area contributed by atoms with Gasteiger partial charge in [0, 0.05) is 12.6 Å². The predicted molar refractivity (Wildman–Crippen MR) is 66.3 cm³/mol. The van der Waals surface area contributed by atoms with Gasteiger partial charge in [0.1, 0.15) is 0 Å². The maximum absolute atomic E-state index is 6.13. The second-order valence-corrected chi connectivity index (χ2v) is 4.02. The number of rotatable bonds is 3. The maximum Gasteiger partial charge on any atom is 0.0424 e. The third-order valence-corrected chi connectivity index (χ3v) is 2.88. The highest BCUT2D eigenvalue weighted by molar-refractivity contribution is 5.85. The van der Waals surface area contributed by atoms with Crippen LogP contribution in [0.25, 0.3) is 0 Å². The molecule has 2 nitrogen and oxygen atoms in total. The Balaban J connectivity index is 0.00000112. The lowest BCUT2D eigenvalue weighted by Gasteiger charge is -2.20. The number of benzene rings is 1. The molecule has 0 radical (unpaired) electrons. The first-order valence-electron chi connectivity index (χ1n) is 5.39. The van der Waals surface area contributed by atoms with Crippen molar-refractivity contribution in [1.29, 1.82) is 0 Å². The molecule has 3 heteroatoms. The largest absolute Gasteiger partial charge is 0.323 e. The lowest BCUT2D eigenvalue weighted by molar-refractivity contribution is 0.316. The molecule has 1 heterocycles. The van der Waals surface area contributed by atoms with Gasteiger partial charge in [0.15, 0.2) is 0 Å². The standard InChI is InChI=1S/C12H18N2.ClH/c13-12(10-14-8-4-5-9-14)11-6-2-1-3-7-11;/h1-3,6-7,12H,4-5,8-10,13H2;1H. The number of hydrogen-bond donors (Lipinski definition) is 1. The van der Waals surface area contributed by atoms with E-state index >= 15 is 0 Å². The zero-order chi connectivity index (χ0) is 9.80. The first-order chi connectivity index (χ1) is 6.86. The molecule has 1 aliphatic heterocycles. The number of hydrogen-bond acceptors (Lipinski definition) is 2. The Labute approximate surface area is 97.9 Å². The van der Waals surface area contributed by atoms with Gasteiger partial charge in [0.25, 0.3) is 0 Å². The molecule has 1 fully saturated rings. The van der Waals surface area contributed by atoms with Gasteiger partial charge in [-0.1, -0.05) is 30.3 Å². The summed E-state index contributed by atoms with van der Waals surface area (Å²) in [6.45, 7) is 3.45. The second kappa shape index (κ2) is 6.11. The first kappa shape index (κ1) is 12.5. The molecular weight excluding hydrogens is 208 g/mol. The van der Waals surface area contributed by atoms with Crippen molar-refractivity contribution in [2.24, 2.45) is 5.73 Å². The fourth-order valence-electron chi connectivity index (χ4n) is 2.05. The van der Waals surface area contributed by atoms with E-state index in [1.54, 1.807) is 0 Å². The Morgan fingerprint density at radius 3 is 2.33 bits per heavy atom. The maximum atomic E-state index is 6.13. The van der Waals surface area contributed by atoms with Gasteiger partial charge in [0.2, 0.25) is 0 Å². The molecule has 2 N–H and O–H groups in total. The van der Waals surface area contributed by atoms with Crippen molar-refractivity contribution in [2.75, 3.05) is 19.6 Å². The summed E-state index contributed by atoms with van der Waals surface area (Å²) in [6, 6.07) is 10.5. The molecule has 1 aliphatic rings. The van der Waals surface area contributed by atoms with Gasteiger partial charge < -0.3 is 10.6 Å². The minimum atomic E-state index is 0. The lowest BCUT2D eigenvalue weighted by atomic mass is 10.1. The quantitative estimate of drug-likeness (QED) is 0.857. The van der Waals surface area contributed by atoms with E-state index in [9.17, 15) is 0 Å². The molecular formula is C12H19ClN2. The van der Waals surface area contributed by atoms with Crippen LogP contribution < -0.4 is 5.73 Å². The van der Waals surface area contributed by atoms with Gasteiger partial charge >= 0.3 is 0 Å². The van der Waals surface area contributed by atoms with Crippen LogP contribution in [0, 0.1) is 0 Å². The highest BCUT2D eigenvalue weighted by Crippen LogP contribution is 2.14. The topological polar surface area (TPSA) is 29.3 Å². The van der Waals surface area contributed by atoms with Crippen LogP contribution in [0.1, 0.15) is 24.4 Å². The lowest BCUT2D eigenvalue weighted by Crippen LogP contribution is -2.29. The normalized spacial score (nSPS) is 18.5. The molecule has 1 aromatic carbocycles. The predicted octanol–water partition coefficient (Wildman–Crippen LogP) is 2.20. The molecule has 0 saturated carbocycles. The average molecular weight is 227 g/mol. The highest BCUT2D eigenvalue weighted by Gasteiger charge is 2.15. The highest BCUT2D eigenvalue weighted by atomic mass is 35.5. The molecule has 84 valence electrons. The van der Waals surface area contributed by atoms with Crippen LogP contribution in [0.5, 0.6) is 0 Å². The number of nitrogens with zero attached hydrogens (tertiary/aromatic N) is 1. The minimum Gasteiger partial charge on any atom is -0.323 e. The molecule has 15 heavy (non-hydrogen) atoms. The Morgan fingerprint density at radius 2 is 1.73 bits per heavy atom. The Bertz CT molecular complexity index is 270. The Morgan fingerprint density at radius 1 is 1.13 bits per heavy atom. The molecule has 1 atom stereocenters. The average Bonchev–Trinajstić information content (AvgIpc) is 2.72. The molecule has 2 rings (SSSR count). The summed E-state index contributed by atoms with van der Waals surface area (Å²) in [5.74, 6) is 0. The van der Waals surface area contributed by atoms with Gasteiger partial charge in [-0.05, 0) is 31.5 Å². The van der Waals surface area contributed by atoms with Crippen LogP contribution in [0.2, 0.25) is 0 Å². The Kier molecular flexibility index (Phi) is 5.09. The fraction of sp³-hybridized carbons (Fsp3) is 0.500. The molecule has 1 unspecified atom stereocenters. The van der Waals surface area contributed by atoms with E-state index in [1.807, 2.05) is 6.07 Å². The Hall–Kier alpha value is -0.570. The van der Waals surface area contributed by atoms with Crippen LogP contribution in [0.3, 0.4) is 0 Å². The van der Waals surface area contributed by atoms with Crippen LogP contribution >= 0.6 is 12.4 Å². The van der Waals surface area contributed by atoms with E-state index in [1.165, 1.54) is 31.5 Å². The van der Waals surface area contributed by atoms with Crippen molar-refractivity contribution in [3.05, 3.63) is 35.9 Å². The third kappa shape index (κ3) is 3.49. The summed E-state index contributed by atoms with van der Waals surface area (Å²) in [5, 5.41) is 0. The van der Waals surface area contributed by atoms with E-state index in [0.717, 1.165) is 6.54 Å². The van der Waals surface area contributed by atoms with Gasteiger partial charge in [0.05, 0.1) is 0 Å². The van der Waals surface area contributed by atoms with E-state index in [2.05, 4.69) is 29.2 Å². The number of likely N-dealkylation sites (tertiary alicyclic amines) is 1. The molecule has 0 aromatic heterocycles. The second-order valence-electron chi connectivity index (χ2n) is 4.02. The molecule has 0 bridgehead atoms. The van der Waals surface area contributed by atoms with E-state index in [4.69, 9.17) is 5.73 Å². The summed E-state index contributed by atoms with van der Waals surface area (Å²) in [4.78, 5) is 2.46. The van der Waals surface area contributed by atoms with Crippen molar-refractivity contribution >= 4 is 12.4 Å². The van der Waals surface area contributed by atoms with Crippen LogP contribution in [0.4, 0.5) is 0 Å². The summed E-state index contributed by atoms with van der Waals surface area (Å²) >= 11 is 0. The summed E-state index contributed by atoms with van der Waals surface area (Å²) in [7, 11) is 0. The first-order valence-corrected chi connectivity index (χ1v) is 5.39. The monoisotopic (exact) mass is 226 g/mol. The smallest absolute Gasteiger partial charge is 0.0424 e. The summed E-state index contributed by atoms with van der Waals surface area (Å²) < 4.78 is 0. The fourth-order valence-corrected chi connectivity index (χ4v) is 2.05. The van der Waals surface area contributed by atoms with Crippen molar-refractivity contribution in [3.8, 4) is 0 Å². The van der Waals surface area contributed by atoms with Gasteiger partial charge in [-0.25, -0.2) is 0 Å². The summed E-state index contributed by atoms with van der Waals surface area (Å²) in [6.07, 6.45) is 2.67. The number of nitrogens with two attached hydrogens (primary N) is 1. The van der Waals surface area contributed by atoms with E-state index in [0.29, 0.717) is 0 Å². The van der Waals surface area contributed by atoms with Crippen LogP contribution in [0.15, 0.2) is 30.3 Å². The molecule has 0 spiro atoms. The SMILES string of the molecule is Cl.NC(CN1CCCC1)c1ccccc1. The van der Waals surface area contributed by atoms with Crippen molar-refractivity contribution < 1.29 is 0 Å². The van der Waals surface area contributed by atoms with Crippen LogP contribution in [-0.2, 0) is 0 Å². The zero-order valence-corrected chi connectivity index (χ0v) is 9.75. The van der Waals surface area contributed by atoms with Crippen molar-refractivity contribution in [1.82, 2.24) is 4.90 Å². The van der Waals surface area contributed by atoms with Crippen LogP contribution in [-0.4, -0.2) is 24.5 Å². The van der Waals surface area contributed by atoms with E-state index in [-0.39, 0.29) is 18.4 Å². The summed E-state index contributed by atoms with van der Waals surface area (Å²) in [5.41, 5.74) is 7.38. The molecule has 1 aromatic rings. The molecule has 0 aliphatic carbocycles. The third-order valence-electron chi connectivity index (χ3n) is 2.88. The van der Waals surface area contributed by atoms with Crippen molar-refractivity contribution in [3.63, 3.8) is 0 Å².